The van der Waals surface area contributed by atoms with Crippen LogP contribution in [-0.4, -0.2) is 43.1 Å². The van der Waals surface area contributed by atoms with Crippen molar-refractivity contribution in [1.82, 2.24) is 4.90 Å². The molecule has 0 bridgehead atoms. The van der Waals surface area contributed by atoms with Gasteiger partial charge in [0.15, 0.2) is 0 Å². The Hall–Kier alpha value is -1.10. The fourth-order valence-corrected chi connectivity index (χ4v) is 1.65. The molecule has 1 heterocycles. The maximum absolute atomic E-state index is 11.4. The molecule has 1 fully saturated rings. The van der Waals surface area contributed by atoms with Crippen molar-refractivity contribution in [2.75, 3.05) is 20.3 Å². The first-order chi connectivity index (χ1) is 6.56. The van der Waals surface area contributed by atoms with Crippen LogP contribution in [0.2, 0.25) is 0 Å². The molecular weight excluding hydrogens is 186 g/mol. The largest absolute Gasteiger partial charge is 0.550 e. The molecule has 1 rings (SSSR count). The van der Waals surface area contributed by atoms with Crippen LogP contribution < -0.4 is 5.11 Å². The molecule has 0 spiro atoms. The van der Waals surface area contributed by atoms with Crippen LogP contribution in [0.15, 0.2) is 0 Å². The van der Waals surface area contributed by atoms with E-state index < -0.39 is 11.9 Å². The number of carboxylic acids is 1. The van der Waals surface area contributed by atoms with Crippen LogP contribution in [0.25, 0.3) is 0 Å². The van der Waals surface area contributed by atoms with Gasteiger partial charge in [-0.3, -0.25) is 4.79 Å². The minimum atomic E-state index is -1.15. The zero-order valence-corrected chi connectivity index (χ0v) is 8.36. The number of likely N-dealkylation sites (tertiary alicyclic amines) is 1. The fourth-order valence-electron chi connectivity index (χ4n) is 1.65. The summed E-state index contributed by atoms with van der Waals surface area (Å²) in [6.45, 7) is 2.50. The highest BCUT2D eigenvalue weighted by Crippen LogP contribution is 2.19. The monoisotopic (exact) mass is 200 g/mol. The van der Waals surface area contributed by atoms with Gasteiger partial charge in [-0.05, 0) is 6.92 Å². The van der Waals surface area contributed by atoms with Crippen molar-refractivity contribution < 1.29 is 19.4 Å². The summed E-state index contributed by atoms with van der Waals surface area (Å²) in [5.41, 5.74) is 0. The Morgan fingerprint density at radius 2 is 2.43 bits per heavy atom. The van der Waals surface area contributed by atoms with E-state index >= 15 is 0 Å². The average molecular weight is 200 g/mol. The number of hydrogen-bond donors (Lipinski definition) is 0. The number of aliphatic carboxylic acids is 1. The normalized spacial score (nSPS) is 24.0. The number of carbonyl (C=O) groups is 2. The third-order valence-electron chi connectivity index (χ3n) is 2.43. The van der Waals surface area contributed by atoms with Crippen LogP contribution in [0, 0.1) is 5.92 Å². The summed E-state index contributed by atoms with van der Waals surface area (Å²) in [5.74, 6) is -1.95. The van der Waals surface area contributed by atoms with E-state index in [2.05, 4.69) is 0 Å². The lowest BCUT2D eigenvalue weighted by atomic mass is 10.1. The van der Waals surface area contributed by atoms with E-state index in [1.54, 1.807) is 7.11 Å². The summed E-state index contributed by atoms with van der Waals surface area (Å²) >= 11 is 0. The molecule has 5 nitrogen and oxygen atoms in total. The number of nitrogens with zero attached hydrogens (tertiary/aromatic N) is 1. The maximum atomic E-state index is 11.4. The molecule has 0 saturated carbocycles. The molecule has 0 aromatic heterocycles. The lowest BCUT2D eigenvalue weighted by molar-refractivity contribution is -0.311. The van der Waals surface area contributed by atoms with Crippen LogP contribution >= 0.6 is 0 Å². The van der Waals surface area contributed by atoms with Crippen LogP contribution in [-0.2, 0) is 14.3 Å². The summed E-state index contributed by atoms with van der Waals surface area (Å²) in [5, 5.41) is 10.6. The Kier molecular flexibility index (Phi) is 3.46. The molecule has 2 atom stereocenters. The Balaban J connectivity index is 2.56. The van der Waals surface area contributed by atoms with Gasteiger partial charge < -0.3 is 19.5 Å². The van der Waals surface area contributed by atoms with Crippen LogP contribution in [0.5, 0.6) is 0 Å². The first-order valence-corrected chi connectivity index (χ1v) is 4.55. The van der Waals surface area contributed by atoms with Crippen molar-refractivity contribution in [2.45, 2.75) is 19.4 Å². The summed E-state index contributed by atoms with van der Waals surface area (Å²) in [6.07, 6.45) is 0.0520. The molecular formula is C9H14NO4-. The van der Waals surface area contributed by atoms with Gasteiger partial charge in [0.05, 0.1) is 12.6 Å². The fraction of sp³-hybridized carbons (Fsp3) is 0.778. The minimum absolute atomic E-state index is 0.0520. The van der Waals surface area contributed by atoms with Crippen molar-refractivity contribution in [3.8, 4) is 0 Å². The van der Waals surface area contributed by atoms with Gasteiger partial charge in [-0.15, -0.1) is 0 Å². The third kappa shape index (κ3) is 2.23. The molecule has 0 aromatic rings. The molecule has 1 saturated heterocycles. The van der Waals surface area contributed by atoms with Gasteiger partial charge in [0.25, 0.3) is 0 Å². The molecule has 1 aliphatic rings. The van der Waals surface area contributed by atoms with Crippen molar-refractivity contribution in [1.29, 1.82) is 0 Å². The molecule has 0 aromatic carbocycles. The molecule has 80 valence electrons. The quantitative estimate of drug-likeness (QED) is 0.561. The van der Waals surface area contributed by atoms with Crippen molar-refractivity contribution in [3.63, 3.8) is 0 Å². The van der Waals surface area contributed by atoms with Gasteiger partial charge >= 0.3 is 0 Å². The van der Waals surface area contributed by atoms with E-state index in [9.17, 15) is 14.7 Å². The van der Waals surface area contributed by atoms with E-state index in [0.29, 0.717) is 6.61 Å². The maximum Gasteiger partial charge on any atom is 0.223 e. The molecule has 0 radical (unpaired) electrons. The topological polar surface area (TPSA) is 69.7 Å². The molecule has 0 N–H and O–H groups in total. The highest BCUT2D eigenvalue weighted by atomic mass is 16.5. The van der Waals surface area contributed by atoms with E-state index in [0.717, 1.165) is 0 Å². The number of carbonyl (C=O) groups excluding carboxylic acids is 2. The van der Waals surface area contributed by atoms with E-state index in [1.165, 1.54) is 4.90 Å². The molecule has 0 unspecified atom stereocenters. The first-order valence-electron chi connectivity index (χ1n) is 4.55. The van der Waals surface area contributed by atoms with Crippen molar-refractivity contribution in [3.05, 3.63) is 0 Å². The van der Waals surface area contributed by atoms with Crippen LogP contribution in [0.4, 0.5) is 0 Å². The Bertz CT molecular complexity index is 241. The SMILES string of the molecule is COC[C@H](C)N1C[C@H](C(=O)[O-])CC1=O. The zero-order valence-electron chi connectivity index (χ0n) is 8.36. The van der Waals surface area contributed by atoms with E-state index in [-0.39, 0.29) is 24.9 Å². The van der Waals surface area contributed by atoms with Gasteiger partial charge in [-0.1, -0.05) is 0 Å². The first kappa shape index (κ1) is 11.0. The highest BCUT2D eigenvalue weighted by molar-refractivity contribution is 5.85. The van der Waals surface area contributed by atoms with Gasteiger partial charge in [-0.2, -0.15) is 0 Å². The minimum Gasteiger partial charge on any atom is -0.550 e. The summed E-state index contributed by atoms with van der Waals surface area (Å²) in [4.78, 5) is 23.5. The predicted octanol–water partition coefficient (Wildman–Crippen LogP) is -1.38. The van der Waals surface area contributed by atoms with Crippen LogP contribution in [0.1, 0.15) is 13.3 Å². The number of amides is 1. The van der Waals surface area contributed by atoms with Gasteiger partial charge in [0, 0.05) is 32.0 Å². The lowest BCUT2D eigenvalue weighted by Crippen LogP contribution is -2.39. The molecule has 1 amide bonds. The number of carboxylic acid groups (broad SMARTS) is 1. The van der Waals surface area contributed by atoms with Crippen molar-refractivity contribution >= 4 is 11.9 Å². The molecule has 0 aliphatic carbocycles. The molecule has 14 heavy (non-hydrogen) atoms. The van der Waals surface area contributed by atoms with Gasteiger partial charge in [0.1, 0.15) is 0 Å². The second-order valence-corrected chi connectivity index (χ2v) is 3.57. The highest BCUT2D eigenvalue weighted by Gasteiger charge is 2.32. The van der Waals surface area contributed by atoms with Gasteiger partial charge in [-0.25, -0.2) is 0 Å². The lowest BCUT2D eigenvalue weighted by Gasteiger charge is -2.24. The number of methoxy groups -OCH3 is 1. The average Bonchev–Trinajstić information content (AvgIpc) is 2.48. The number of rotatable bonds is 4. The van der Waals surface area contributed by atoms with Gasteiger partial charge in [0.2, 0.25) is 5.91 Å². The Morgan fingerprint density at radius 3 is 2.86 bits per heavy atom. The number of ether oxygens (including phenoxy) is 1. The Morgan fingerprint density at radius 1 is 1.79 bits per heavy atom. The molecule has 1 aliphatic heterocycles. The smallest absolute Gasteiger partial charge is 0.223 e. The van der Waals surface area contributed by atoms with Crippen molar-refractivity contribution in [2.24, 2.45) is 5.92 Å². The van der Waals surface area contributed by atoms with E-state index in [4.69, 9.17) is 4.74 Å². The summed E-state index contributed by atoms with van der Waals surface area (Å²) in [6, 6.07) is -0.0724. The standard InChI is InChI=1S/C9H15NO4/c1-6(5-14-2)10-4-7(9(12)13)3-8(10)11/h6-7H,3-5H2,1-2H3,(H,12,13)/p-1/t6-,7+/m0/s1. The van der Waals surface area contributed by atoms with Crippen LogP contribution in [0.3, 0.4) is 0 Å². The summed E-state index contributed by atoms with van der Waals surface area (Å²) < 4.78 is 4.90. The van der Waals surface area contributed by atoms with E-state index in [1.807, 2.05) is 6.92 Å². The Labute approximate surface area is 82.6 Å². The zero-order chi connectivity index (χ0) is 10.7. The second-order valence-electron chi connectivity index (χ2n) is 3.57. The molecule has 5 heteroatoms. The third-order valence-corrected chi connectivity index (χ3v) is 2.43. The predicted molar refractivity (Wildman–Crippen MR) is 46.2 cm³/mol. The number of hydrogen-bond acceptors (Lipinski definition) is 4. The second kappa shape index (κ2) is 4.41. The summed E-state index contributed by atoms with van der Waals surface area (Å²) in [7, 11) is 1.55.